The van der Waals surface area contributed by atoms with E-state index in [0.29, 0.717) is 4.88 Å². The normalized spacial score (nSPS) is 12.4. The first-order chi connectivity index (χ1) is 8.47. The van der Waals surface area contributed by atoms with Gasteiger partial charge in [0.25, 0.3) is 5.91 Å². The van der Waals surface area contributed by atoms with Gasteiger partial charge in [-0.15, -0.1) is 22.7 Å². The van der Waals surface area contributed by atoms with Gasteiger partial charge in [0.1, 0.15) is 0 Å². The van der Waals surface area contributed by atoms with Gasteiger partial charge in [0.2, 0.25) is 0 Å². The third-order valence-corrected chi connectivity index (χ3v) is 6.00. The van der Waals surface area contributed by atoms with Crippen molar-refractivity contribution >= 4 is 56.1 Å². The molecule has 2 rings (SSSR count). The van der Waals surface area contributed by atoms with Gasteiger partial charge in [-0.2, -0.15) is 0 Å². The molecule has 0 radical (unpaired) electrons. The molecule has 2 heterocycles. The van der Waals surface area contributed by atoms with Crippen molar-refractivity contribution < 1.29 is 4.79 Å². The van der Waals surface area contributed by atoms with E-state index in [1.165, 1.54) is 22.7 Å². The lowest BCUT2D eigenvalue weighted by atomic mass is 10.2. The van der Waals surface area contributed by atoms with Crippen LogP contribution in [0.25, 0.3) is 0 Å². The Hall–Kier alpha value is -0.360. The summed E-state index contributed by atoms with van der Waals surface area (Å²) in [6.45, 7) is 3.93. The fourth-order valence-electron chi connectivity index (χ4n) is 1.47. The molecule has 1 atom stereocenters. The van der Waals surface area contributed by atoms with Crippen molar-refractivity contribution in [2.75, 3.05) is 0 Å². The Balaban J connectivity index is 2.07. The van der Waals surface area contributed by atoms with Gasteiger partial charge in [0, 0.05) is 4.88 Å². The second kappa shape index (κ2) is 5.74. The summed E-state index contributed by atoms with van der Waals surface area (Å²) >= 11 is 12.2. The fourth-order valence-corrected chi connectivity index (χ4v) is 3.97. The highest BCUT2D eigenvalue weighted by Crippen LogP contribution is 2.29. The number of hydrogen-bond acceptors (Lipinski definition) is 3. The highest BCUT2D eigenvalue weighted by Gasteiger charge is 2.15. The number of rotatable bonds is 3. The molecular formula is C12H11BrClNOS2. The maximum atomic E-state index is 12.1. The summed E-state index contributed by atoms with van der Waals surface area (Å²) in [6.07, 6.45) is 0. The summed E-state index contributed by atoms with van der Waals surface area (Å²) in [7, 11) is 0. The van der Waals surface area contributed by atoms with Crippen molar-refractivity contribution in [1.29, 1.82) is 0 Å². The quantitative estimate of drug-likeness (QED) is 0.813. The van der Waals surface area contributed by atoms with Gasteiger partial charge in [-0.25, -0.2) is 0 Å². The Morgan fingerprint density at radius 3 is 2.67 bits per heavy atom. The lowest BCUT2D eigenvalue weighted by Gasteiger charge is -2.10. The standard InChI is InChI=1S/C12H11BrClNOS2/c1-6-5-9(18-11(6)13)12(16)15-7(2)8-3-4-10(14)17-8/h3-5,7H,1-2H3,(H,15,16). The number of hydrogen-bond donors (Lipinski definition) is 1. The summed E-state index contributed by atoms with van der Waals surface area (Å²) in [5, 5.41) is 2.97. The van der Waals surface area contributed by atoms with E-state index in [4.69, 9.17) is 11.6 Å². The van der Waals surface area contributed by atoms with E-state index in [-0.39, 0.29) is 11.9 Å². The minimum absolute atomic E-state index is 0.0313. The molecule has 0 saturated carbocycles. The topological polar surface area (TPSA) is 29.1 Å². The highest BCUT2D eigenvalue weighted by atomic mass is 79.9. The third-order valence-electron chi connectivity index (χ3n) is 2.45. The van der Waals surface area contributed by atoms with Gasteiger partial charge in [-0.3, -0.25) is 4.79 Å². The largest absolute Gasteiger partial charge is 0.344 e. The molecule has 0 saturated heterocycles. The molecule has 2 aromatic heterocycles. The molecule has 0 aliphatic heterocycles. The fraction of sp³-hybridized carbons (Fsp3) is 0.250. The molecular weight excluding hydrogens is 354 g/mol. The number of thiophene rings is 2. The number of nitrogens with one attached hydrogen (secondary N) is 1. The Bertz CT molecular complexity index is 559. The molecule has 2 nitrogen and oxygen atoms in total. The monoisotopic (exact) mass is 363 g/mol. The van der Waals surface area contributed by atoms with Crippen LogP contribution in [0.5, 0.6) is 0 Å². The molecule has 18 heavy (non-hydrogen) atoms. The zero-order valence-electron chi connectivity index (χ0n) is 9.79. The number of carbonyl (C=O) groups excluding carboxylic acids is 1. The van der Waals surface area contributed by atoms with Crippen LogP contribution >= 0.6 is 50.2 Å². The Morgan fingerprint density at radius 2 is 2.17 bits per heavy atom. The first-order valence-corrected chi connectivity index (χ1v) is 8.10. The van der Waals surface area contributed by atoms with Crippen molar-refractivity contribution in [3.8, 4) is 0 Å². The zero-order valence-corrected chi connectivity index (χ0v) is 13.8. The maximum Gasteiger partial charge on any atom is 0.261 e. The van der Waals surface area contributed by atoms with E-state index in [1.807, 2.05) is 32.0 Å². The second-order valence-corrected chi connectivity index (χ2v) is 8.02. The van der Waals surface area contributed by atoms with Crippen molar-refractivity contribution in [3.05, 3.63) is 41.6 Å². The zero-order chi connectivity index (χ0) is 13.3. The van der Waals surface area contributed by atoms with Crippen molar-refractivity contribution in [2.45, 2.75) is 19.9 Å². The van der Waals surface area contributed by atoms with Crippen LogP contribution in [0.2, 0.25) is 4.34 Å². The van der Waals surface area contributed by atoms with Crippen LogP contribution in [0.1, 0.15) is 33.1 Å². The first-order valence-electron chi connectivity index (χ1n) is 5.29. The minimum Gasteiger partial charge on any atom is -0.344 e. The molecule has 1 amide bonds. The lowest BCUT2D eigenvalue weighted by molar-refractivity contribution is 0.0944. The molecule has 96 valence electrons. The van der Waals surface area contributed by atoms with Gasteiger partial charge in [0.15, 0.2) is 0 Å². The molecule has 0 aliphatic carbocycles. The average Bonchev–Trinajstić information content (AvgIpc) is 2.86. The van der Waals surface area contributed by atoms with Crippen LogP contribution in [0.15, 0.2) is 22.0 Å². The number of aryl methyl sites for hydroxylation is 1. The Kier molecular flexibility index (Phi) is 4.48. The average molecular weight is 365 g/mol. The summed E-state index contributed by atoms with van der Waals surface area (Å²) in [5.74, 6) is -0.0502. The molecule has 6 heteroatoms. The molecule has 1 N–H and O–H groups in total. The van der Waals surface area contributed by atoms with E-state index >= 15 is 0 Å². The van der Waals surface area contributed by atoms with Crippen LogP contribution in [0.3, 0.4) is 0 Å². The van der Waals surface area contributed by atoms with E-state index in [9.17, 15) is 4.79 Å². The van der Waals surface area contributed by atoms with Crippen molar-refractivity contribution in [2.24, 2.45) is 0 Å². The molecule has 0 bridgehead atoms. The van der Waals surface area contributed by atoms with E-state index in [1.54, 1.807) is 0 Å². The van der Waals surface area contributed by atoms with E-state index in [0.717, 1.165) is 18.6 Å². The van der Waals surface area contributed by atoms with Crippen LogP contribution in [0.4, 0.5) is 0 Å². The smallest absolute Gasteiger partial charge is 0.261 e. The maximum absolute atomic E-state index is 12.1. The second-order valence-electron chi connectivity index (χ2n) is 3.90. The summed E-state index contributed by atoms with van der Waals surface area (Å²) in [6, 6.07) is 5.64. The molecule has 0 fully saturated rings. The number of amides is 1. The molecule has 2 aromatic rings. The van der Waals surface area contributed by atoms with Crippen LogP contribution in [0, 0.1) is 6.92 Å². The predicted octanol–water partition coefficient (Wildman–Crippen LogP) is 5.02. The summed E-state index contributed by atoms with van der Waals surface area (Å²) in [4.78, 5) is 13.8. The first kappa shape index (κ1) is 14.1. The Labute approximate surface area is 127 Å². The van der Waals surface area contributed by atoms with Crippen molar-refractivity contribution in [1.82, 2.24) is 5.32 Å². The predicted molar refractivity (Wildman–Crippen MR) is 82.0 cm³/mol. The summed E-state index contributed by atoms with van der Waals surface area (Å²) < 4.78 is 1.74. The molecule has 0 aromatic carbocycles. The lowest BCUT2D eigenvalue weighted by Crippen LogP contribution is -2.25. The van der Waals surface area contributed by atoms with Gasteiger partial charge in [0.05, 0.1) is 19.0 Å². The van der Waals surface area contributed by atoms with E-state index in [2.05, 4.69) is 21.2 Å². The van der Waals surface area contributed by atoms with Crippen LogP contribution in [-0.4, -0.2) is 5.91 Å². The van der Waals surface area contributed by atoms with Crippen LogP contribution in [-0.2, 0) is 0 Å². The highest BCUT2D eigenvalue weighted by molar-refractivity contribution is 9.11. The SMILES string of the molecule is Cc1cc(C(=O)NC(C)c2ccc(Cl)s2)sc1Br. The molecule has 1 unspecified atom stereocenters. The van der Waals surface area contributed by atoms with Gasteiger partial charge < -0.3 is 5.32 Å². The number of halogens is 2. The van der Waals surface area contributed by atoms with Crippen LogP contribution < -0.4 is 5.32 Å². The Morgan fingerprint density at radius 1 is 1.44 bits per heavy atom. The molecule has 0 spiro atoms. The third kappa shape index (κ3) is 3.15. The summed E-state index contributed by atoms with van der Waals surface area (Å²) in [5.41, 5.74) is 1.08. The van der Waals surface area contributed by atoms with E-state index < -0.39 is 0 Å². The van der Waals surface area contributed by atoms with Gasteiger partial charge in [-0.1, -0.05) is 11.6 Å². The van der Waals surface area contributed by atoms with Crippen molar-refractivity contribution in [3.63, 3.8) is 0 Å². The number of carbonyl (C=O) groups is 1. The van der Waals surface area contributed by atoms with Gasteiger partial charge in [-0.05, 0) is 53.5 Å². The molecule has 0 aliphatic rings. The minimum atomic E-state index is -0.0502. The van der Waals surface area contributed by atoms with Gasteiger partial charge >= 0.3 is 0 Å².